The number of halogens is 1. The van der Waals surface area contributed by atoms with E-state index in [1.165, 1.54) is 19.3 Å². The number of benzene rings is 1. The summed E-state index contributed by atoms with van der Waals surface area (Å²) in [6.45, 7) is 1.45. The lowest BCUT2D eigenvalue weighted by atomic mass is 10.3. The first kappa shape index (κ1) is 16.8. The first-order chi connectivity index (χ1) is 10.1. The Kier molecular flexibility index (Phi) is 7.04. The molecule has 0 aromatic heterocycles. The summed E-state index contributed by atoms with van der Waals surface area (Å²) >= 11 is 5.93. The molecule has 0 heterocycles. The van der Waals surface area contributed by atoms with Gasteiger partial charge in [-0.15, -0.1) is 0 Å². The molecule has 0 bridgehead atoms. The van der Waals surface area contributed by atoms with Gasteiger partial charge >= 0.3 is 5.97 Å². The minimum absolute atomic E-state index is 0.372. The van der Waals surface area contributed by atoms with E-state index in [9.17, 15) is 9.59 Å². The second-order valence-electron chi connectivity index (χ2n) is 3.89. The van der Waals surface area contributed by atoms with Gasteiger partial charge in [-0.3, -0.25) is 4.79 Å². The van der Waals surface area contributed by atoms with Gasteiger partial charge in [-0.2, -0.15) is 0 Å². The van der Waals surface area contributed by atoms with Gasteiger partial charge in [0.1, 0.15) is 5.75 Å². The molecule has 1 aromatic rings. The number of methoxy groups -OCH3 is 1. The number of carbonyl (C=O) groups is 2. The van der Waals surface area contributed by atoms with E-state index < -0.39 is 11.9 Å². The van der Waals surface area contributed by atoms with Crippen LogP contribution in [-0.2, 0) is 14.3 Å². The molecule has 1 N–H and O–H groups in total. The van der Waals surface area contributed by atoms with E-state index in [2.05, 4.69) is 5.32 Å². The van der Waals surface area contributed by atoms with E-state index in [4.69, 9.17) is 21.1 Å². The minimum atomic E-state index is -0.587. The minimum Gasteiger partial charge on any atom is -0.495 e. The Morgan fingerprint density at radius 2 is 2.10 bits per heavy atom. The summed E-state index contributed by atoms with van der Waals surface area (Å²) in [5.41, 5.74) is 0.492. The lowest BCUT2D eigenvalue weighted by Crippen LogP contribution is -2.20. The number of amides is 1. The molecule has 0 unspecified atom stereocenters. The molecule has 0 aliphatic carbocycles. The second kappa shape index (κ2) is 8.81. The smallest absolute Gasteiger partial charge is 0.331 e. The first-order valence-electron chi connectivity index (χ1n) is 6.16. The number of allylic oxidation sites excluding steroid dienone is 3. The summed E-state index contributed by atoms with van der Waals surface area (Å²) in [5.74, 6) is -0.532. The highest BCUT2D eigenvalue weighted by Gasteiger charge is 2.07. The van der Waals surface area contributed by atoms with Gasteiger partial charge in [0.15, 0.2) is 6.61 Å². The van der Waals surface area contributed by atoms with Crippen LogP contribution >= 0.6 is 11.6 Å². The van der Waals surface area contributed by atoms with Gasteiger partial charge in [0.05, 0.1) is 12.1 Å². The summed E-state index contributed by atoms with van der Waals surface area (Å²) in [5, 5.41) is 2.94. The molecule has 0 atom stereocenters. The Bertz CT molecular complexity index is 567. The zero-order chi connectivity index (χ0) is 15.7. The van der Waals surface area contributed by atoms with E-state index in [-0.39, 0.29) is 6.61 Å². The van der Waals surface area contributed by atoms with Crippen molar-refractivity contribution in [3.05, 3.63) is 47.5 Å². The van der Waals surface area contributed by atoms with Crippen molar-refractivity contribution in [2.45, 2.75) is 6.92 Å². The third-order valence-corrected chi connectivity index (χ3v) is 2.61. The van der Waals surface area contributed by atoms with Gasteiger partial charge in [-0.25, -0.2) is 4.79 Å². The van der Waals surface area contributed by atoms with Crippen LogP contribution in [0.2, 0.25) is 5.02 Å². The second-order valence-corrected chi connectivity index (χ2v) is 4.30. The third-order valence-electron chi connectivity index (χ3n) is 2.32. The van der Waals surface area contributed by atoms with Gasteiger partial charge in [0.2, 0.25) is 0 Å². The van der Waals surface area contributed by atoms with Crippen LogP contribution in [0.1, 0.15) is 6.92 Å². The van der Waals surface area contributed by atoms with Crippen LogP contribution in [0, 0.1) is 0 Å². The molecule has 0 aliphatic rings. The number of carbonyl (C=O) groups excluding carboxylic acids is 2. The van der Waals surface area contributed by atoms with Crippen LogP contribution in [0.15, 0.2) is 42.5 Å². The number of rotatable bonds is 6. The Morgan fingerprint density at radius 1 is 1.33 bits per heavy atom. The molecule has 0 saturated heterocycles. The van der Waals surface area contributed by atoms with Crippen LogP contribution in [-0.4, -0.2) is 25.6 Å². The van der Waals surface area contributed by atoms with E-state index in [1.54, 1.807) is 30.4 Å². The maximum atomic E-state index is 11.6. The average Bonchev–Trinajstić information content (AvgIpc) is 2.46. The van der Waals surface area contributed by atoms with Crippen LogP contribution < -0.4 is 10.1 Å². The van der Waals surface area contributed by atoms with Crippen LogP contribution in [0.3, 0.4) is 0 Å². The molecule has 1 amide bonds. The highest BCUT2D eigenvalue weighted by atomic mass is 35.5. The molecule has 112 valence electrons. The fourth-order valence-electron chi connectivity index (χ4n) is 1.37. The maximum Gasteiger partial charge on any atom is 0.331 e. The van der Waals surface area contributed by atoms with Crippen molar-refractivity contribution in [1.29, 1.82) is 0 Å². The number of hydrogen-bond donors (Lipinski definition) is 1. The normalized spacial score (nSPS) is 10.8. The molecular weight excluding hydrogens is 294 g/mol. The fraction of sp³-hybridized carbons (Fsp3) is 0.200. The predicted molar refractivity (Wildman–Crippen MR) is 81.5 cm³/mol. The van der Waals surface area contributed by atoms with E-state index in [1.807, 2.05) is 6.92 Å². The largest absolute Gasteiger partial charge is 0.495 e. The summed E-state index contributed by atoms with van der Waals surface area (Å²) in [6.07, 6.45) is 6.21. The van der Waals surface area contributed by atoms with Crippen LogP contribution in [0.25, 0.3) is 0 Å². The number of anilines is 1. The summed E-state index contributed by atoms with van der Waals surface area (Å²) in [4.78, 5) is 22.9. The first-order valence-corrected chi connectivity index (χ1v) is 6.54. The fourth-order valence-corrected chi connectivity index (χ4v) is 1.63. The highest BCUT2D eigenvalue weighted by Crippen LogP contribution is 2.27. The zero-order valence-corrected chi connectivity index (χ0v) is 12.5. The molecule has 0 radical (unpaired) electrons. The quantitative estimate of drug-likeness (QED) is 0.498. The standard InChI is InChI=1S/C15H16ClNO4/c1-3-4-5-6-15(19)21-10-14(18)17-11-7-8-13(20-2)12(16)9-11/h3-9H,10H2,1-2H3,(H,17,18)/b4-3+,6-5+. The summed E-state index contributed by atoms with van der Waals surface area (Å²) < 4.78 is 9.77. The lowest BCUT2D eigenvalue weighted by molar-refractivity contribution is -0.142. The SMILES string of the molecule is C/C=C/C=C/C(=O)OCC(=O)Nc1ccc(OC)c(Cl)c1. The van der Waals surface area contributed by atoms with Gasteiger partial charge in [-0.05, 0) is 25.1 Å². The molecule has 0 saturated carbocycles. The topological polar surface area (TPSA) is 64.6 Å². The van der Waals surface area contributed by atoms with Gasteiger partial charge in [-0.1, -0.05) is 29.8 Å². The number of ether oxygens (including phenoxy) is 2. The van der Waals surface area contributed by atoms with Crippen molar-refractivity contribution in [2.24, 2.45) is 0 Å². The number of nitrogens with one attached hydrogen (secondary N) is 1. The van der Waals surface area contributed by atoms with Crippen molar-refractivity contribution in [1.82, 2.24) is 0 Å². The average molecular weight is 310 g/mol. The Morgan fingerprint density at radius 3 is 2.71 bits per heavy atom. The molecule has 5 nitrogen and oxygen atoms in total. The number of hydrogen-bond acceptors (Lipinski definition) is 4. The third kappa shape index (κ3) is 6.14. The summed E-state index contributed by atoms with van der Waals surface area (Å²) in [7, 11) is 1.50. The Hall–Kier alpha value is -2.27. The number of esters is 1. The van der Waals surface area contributed by atoms with E-state index >= 15 is 0 Å². The van der Waals surface area contributed by atoms with Gasteiger partial charge < -0.3 is 14.8 Å². The molecule has 1 aromatic carbocycles. The Labute approximate surface area is 128 Å². The van der Waals surface area contributed by atoms with Crippen molar-refractivity contribution in [2.75, 3.05) is 19.0 Å². The van der Waals surface area contributed by atoms with Gasteiger partial charge in [0, 0.05) is 11.8 Å². The molecule has 21 heavy (non-hydrogen) atoms. The van der Waals surface area contributed by atoms with E-state index in [0.717, 1.165) is 0 Å². The molecule has 0 fully saturated rings. The zero-order valence-electron chi connectivity index (χ0n) is 11.8. The lowest BCUT2D eigenvalue weighted by Gasteiger charge is -2.08. The monoisotopic (exact) mass is 309 g/mol. The van der Waals surface area contributed by atoms with Crippen LogP contribution in [0.4, 0.5) is 5.69 Å². The van der Waals surface area contributed by atoms with Crippen molar-refractivity contribution >= 4 is 29.2 Å². The highest BCUT2D eigenvalue weighted by molar-refractivity contribution is 6.32. The molecule has 0 spiro atoms. The van der Waals surface area contributed by atoms with Crippen molar-refractivity contribution in [3.63, 3.8) is 0 Å². The molecular formula is C15H16ClNO4. The van der Waals surface area contributed by atoms with Crippen molar-refractivity contribution in [3.8, 4) is 5.75 Å². The summed E-state index contributed by atoms with van der Waals surface area (Å²) in [6, 6.07) is 4.81. The van der Waals surface area contributed by atoms with Gasteiger partial charge in [0.25, 0.3) is 5.91 Å². The maximum absolute atomic E-state index is 11.6. The van der Waals surface area contributed by atoms with E-state index in [0.29, 0.717) is 16.5 Å². The van der Waals surface area contributed by atoms with Crippen molar-refractivity contribution < 1.29 is 19.1 Å². The predicted octanol–water partition coefficient (Wildman–Crippen LogP) is 2.96. The molecule has 6 heteroatoms. The molecule has 1 rings (SSSR count). The Balaban J connectivity index is 2.47. The van der Waals surface area contributed by atoms with Crippen LogP contribution in [0.5, 0.6) is 5.75 Å². The molecule has 0 aliphatic heterocycles.